The normalized spacial score (nSPS) is 10.2. The molecule has 0 radical (unpaired) electrons. The van der Waals surface area contributed by atoms with Gasteiger partial charge >= 0.3 is 0 Å². The number of hydrogen-bond acceptors (Lipinski definition) is 4. The van der Waals surface area contributed by atoms with Gasteiger partial charge in [-0.15, -0.1) is 11.3 Å². The van der Waals surface area contributed by atoms with Crippen LogP contribution in [0, 0.1) is 6.92 Å². The minimum atomic E-state index is -0.271. The molecular weight excluding hydrogens is 350 g/mol. The van der Waals surface area contributed by atoms with Crippen LogP contribution >= 0.6 is 11.3 Å². The first-order chi connectivity index (χ1) is 12.5. The molecule has 0 bridgehead atoms. The molecule has 0 aliphatic carbocycles. The molecule has 0 aliphatic rings. The highest BCUT2D eigenvalue weighted by molar-refractivity contribution is 7.13. The Morgan fingerprint density at radius 1 is 1.04 bits per heavy atom. The largest absolute Gasteiger partial charge is 0.350 e. The number of nitrogens with one attached hydrogen (secondary N) is 3. The van der Waals surface area contributed by atoms with Crippen LogP contribution in [0.1, 0.15) is 39.9 Å². The first-order valence-corrected chi connectivity index (χ1v) is 9.29. The Hall–Kier alpha value is -2.67. The molecule has 6 nitrogen and oxygen atoms in total. The lowest BCUT2D eigenvalue weighted by atomic mass is 10.2. The highest BCUT2D eigenvalue weighted by Gasteiger charge is 2.10. The molecule has 7 heteroatoms. The molecule has 2 aromatic rings. The predicted octanol–water partition coefficient (Wildman–Crippen LogP) is 2.84. The molecule has 0 saturated carbocycles. The van der Waals surface area contributed by atoms with Crippen LogP contribution in [0.15, 0.2) is 36.4 Å². The molecule has 0 unspecified atom stereocenters. The van der Waals surface area contributed by atoms with E-state index in [1.807, 2.05) is 44.2 Å². The SMILES string of the molecule is CCCC(=O)Nc1cccc(CNC(=O)CNC(=O)c2ccc(C)s2)c1. The third-order valence-corrected chi connectivity index (χ3v) is 4.55. The minimum Gasteiger partial charge on any atom is -0.350 e. The van der Waals surface area contributed by atoms with Crippen LogP contribution in [-0.2, 0) is 16.1 Å². The van der Waals surface area contributed by atoms with Crippen molar-refractivity contribution in [1.29, 1.82) is 0 Å². The summed E-state index contributed by atoms with van der Waals surface area (Å²) in [6.07, 6.45) is 1.27. The van der Waals surface area contributed by atoms with Crippen molar-refractivity contribution < 1.29 is 14.4 Å². The van der Waals surface area contributed by atoms with E-state index in [9.17, 15) is 14.4 Å². The number of aryl methyl sites for hydroxylation is 1. The number of thiophene rings is 1. The Morgan fingerprint density at radius 3 is 2.54 bits per heavy atom. The lowest BCUT2D eigenvalue weighted by Crippen LogP contribution is -2.36. The van der Waals surface area contributed by atoms with Gasteiger partial charge < -0.3 is 16.0 Å². The molecule has 0 fully saturated rings. The summed E-state index contributed by atoms with van der Waals surface area (Å²) in [4.78, 5) is 37.1. The average Bonchev–Trinajstić information content (AvgIpc) is 3.05. The van der Waals surface area contributed by atoms with Gasteiger partial charge in [0.15, 0.2) is 0 Å². The van der Waals surface area contributed by atoms with Crippen molar-refractivity contribution in [3.05, 3.63) is 51.7 Å². The maximum absolute atomic E-state index is 11.9. The molecule has 3 N–H and O–H groups in total. The number of benzene rings is 1. The Bertz CT molecular complexity index is 786. The second-order valence-corrected chi connectivity index (χ2v) is 7.16. The van der Waals surface area contributed by atoms with E-state index in [0.29, 0.717) is 23.5 Å². The van der Waals surface area contributed by atoms with Crippen molar-refractivity contribution in [2.24, 2.45) is 0 Å². The van der Waals surface area contributed by atoms with E-state index in [1.165, 1.54) is 11.3 Å². The van der Waals surface area contributed by atoms with Gasteiger partial charge in [0.05, 0.1) is 11.4 Å². The summed E-state index contributed by atoms with van der Waals surface area (Å²) >= 11 is 1.39. The summed E-state index contributed by atoms with van der Waals surface area (Å²) in [6, 6.07) is 10.9. The zero-order chi connectivity index (χ0) is 18.9. The molecule has 1 aromatic heterocycles. The van der Waals surface area contributed by atoms with Gasteiger partial charge in [0.2, 0.25) is 11.8 Å². The molecular formula is C19H23N3O3S. The molecule has 0 atom stereocenters. The summed E-state index contributed by atoms with van der Waals surface area (Å²) in [5.41, 5.74) is 1.57. The first kappa shape index (κ1) is 19.7. The van der Waals surface area contributed by atoms with Gasteiger partial charge in [-0.3, -0.25) is 14.4 Å². The molecule has 0 aliphatic heterocycles. The van der Waals surface area contributed by atoms with Crippen LogP contribution in [0.5, 0.6) is 0 Å². The lowest BCUT2D eigenvalue weighted by Gasteiger charge is -2.09. The van der Waals surface area contributed by atoms with Gasteiger partial charge in [0.1, 0.15) is 0 Å². The van der Waals surface area contributed by atoms with E-state index in [-0.39, 0.29) is 24.3 Å². The van der Waals surface area contributed by atoms with E-state index < -0.39 is 0 Å². The zero-order valence-corrected chi connectivity index (χ0v) is 15.7. The fraction of sp³-hybridized carbons (Fsp3) is 0.316. The highest BCUT2D eigenvalue weighted by Crippen LogP contribution is 2.14. The third kappa shape index (κ3) is 6.33. The quantitative estimate of drug-likeness (QED) is 0.665. The van der Waals surface area contributed by atoms with E-state index in [1.54, 1.807) is 6.07 Å². The topological polar surface area (TPSA) is 87.3 Å². The number of anilines is 1. The molecule has 2 rings (SSSR count). The number of hydrogen-bond donors (Lipinski definition) is 3. The second-order valence-electron chi connectivity index (χ2n) is 5.87. The second kappa shape index (κ2) is 9.72. The third-order valence-electron chi connectivity index (χ3n) is 3.55. The molecule has 1 heterocycles. The molecule has 138 valence electrons. The Kier molecular flexibility index (Phi) is 7.35. The molecule has 0 saturated heterocycles. The highest BCUT2D eigenvalue weighted by atomic mass is 32.1. The van der Waals surface area contributed by atoms with Crippen molar-refractivity contribution in [3.63, 3.8) is 0 Å². The van der Waals surface area contributed by atoms with E-state index >= 15 is 0 Å². The zero-order valence-electron chi connectivity index (χ0n) is 14.9. The summed E-state index contributed by atoms with van der Waals surface area (Å²) in [5.74, 6) is -0.550. The average molecular weight is 373 g/mol. The van der Waals surface area contributed by atoms with Crippen molar-refractivity contribution in [3.8, 4) is 0 Å². The maximum atomic E-state index is 11.9. The van der Waals surface area contributed by atoms with Crippen molar-refractivity contribution in [1.82, 2.24) is 10.6 Å². The van der Waals surface area contributed by atoms with Crippen LogP contribution in [0.25, 0.3) is 0 Å². The number of amides is 3. The Balaban J connectivity index is 1.78. The standard InChI is InChI=1S/C19H23N3O3S/c1-3-5-17(23)22-15-7-4-6-14(10-15)11-20-18(24)12-21-19(25)16-9-8-13(2)26-16/h4,6-10H,3,5,11-12H2,1-2H3,(H,20,24)(H,21,25)(H,22,23). The van der Waals surface area contributed by atoms with Crippen molar-refractivity contribution >= 4 is 34.7 Å². The summed E-state index contributed by atoms with van der Waals surface area (Å²) in [7, 11) is 0. The van der Waals surface area contributed by atoms with Crippen LogP contribution in [-0.4, -0.2) is 24.3 Å². The summed E-state index contributed by atoms with van der Waals surface area (Å²) in [5, 5.41) is 8.18. The van der Waals surface area contributed by atoms with Gasteiger partial charge in [0, 0.05) is 23.5 Å². The van der Waals surface area contributed by atoms with E-state index in [4.69, 9.17) is 0 Å². The first-order valence-electron chi connectivity index (χ1n) is 8.48. The van der Waals surface area contributed by atoms with Gasteiger partial charge in [-0.2, -0.15) is 0 Å². The monoisotopic (exact) mass is 373 g/mol. The Labute approximate surface area is 157 Å². The fourth-order valence-corrected chi connectivity index (χ4v) is 3.06. The number of carbonyl (C=O) groups excluding carboxylic acids is 3. The number of rotatable bonds is 8. The molecule has 0 spiro atoms. The maximum Gasteiger partial charge on any atom is 0.261 e. The fourth-order valence-electron chi connectivity index (χ4n) is 2.28. The van der Waals surface area contributed by atoms with Crippen LogP contribution in [0.2, 0.25) is 0 Å². The summed E-state index contributed by atoms with van der Waals surface area (Å²) < 4.78 is 0. The smallest absolute Gasteiger partial charge is 0.261 e. The van der Waals surface area contributed by atoms with Gasteiger partial charge in [-0.1, -0.05) is 19.1 Å². The van der Waals surface area contributed by atoms with Gasteiger partial charge in [0.25, 0.3) is 5.91 Å². The van der Waals surface area contributed by atoms with Crippen LogP contribution < -0.4 is 16.0 Å². The number of carbonyl (C=O) groups is 3. The van der Waals surface area contributed by atoms with Gasteiger partial charge in [-0.05, 0) is 43.2 Å². The van der Waals surface area contributed by atoms with E-state index in [0.717, 1.165) is 16.9 Å². The molecule has 26 heavy (non-hydrogen) atoms. The summed E-state index contributed by atoms with van der Waals surface area (Å²) in [6.45, 7) is 4.11. The van der Waals surface area contributed by atoms with Gasteiger partial charge in [-0.25, -0.2) is 0 Å². The van der Waals surface area contributed by atoms with Crippen molar-refractivity contribution in [2.45, 2.75) is 33.2 Å². The van der Waals surface area contributed by atoms with E-state index in [2.05, 4.69) is 16.0 Å². The van der Waals surface area contributed by atoms with Crippen LogP contribution in [0.4, 0.5) is 5.69 Å². The molecule has 1 aromatic carbocycles. The minimum absolute atomic E-state index is 0.0276. The van der Waals surface area contributed by atoms with Crippen LogP contribution in [0.3, 0.4) is 0 Å². The molecule has 3 amide bonds. The van der Waals surface area contributed by atoms with Crippen molar-refractivity contribution in [2.75, 3.05) is 11.9 Å². The predicted molar refractivity (Wildman–Crippen MR) is 103 cm³/mol. The lowest BCUT2D eigenvalue weighted by molar-refractivity contribution is -0.120. The Morgan fingerprint density at radius 2 is 1.85 bits per heavy atom.